The molecule has 1 aromatic carbocycles. The number of benzene rings is 1. The van der Waals surface area contributed by atoms with E-state index in [0.29, 0.717) is 6.42 Å². The van der Waals surface area contributed by atoms with Crippen LogP contribution >= 0.6 is 0 Å². The third-order valence-corrected chi connectivity index (χ3v) is 3.85. The first kappa shape index (κ1) is 16.8. The van der Waals surface area contributed by atoms with Crippen LogP contribution in [0.15, 0.2) is 30.5 Å². The Bertz CT molecular complexity index is 677. The first-order valence-electron chi connectivity index (χ1n) is 7.57. The molecule has 1 aromatic heterocycles. The van der Waals surface area contributed by atoms with E-state index in [9.17, 15) is 9.59 Å². The molecule has 124 valence electrons. The van der Waals surface area contributed by atoms with Crippen molar-refractivity contribution in [2.24, 2.45) is 11.5 Å². The van der Waals surface area contributed by atoms with Gasteiger partial charge in [-0.3, -0.25) is 4.79 Å². The molecular formula is C16H22N4O3. The molecule has 6 N–H and O–H groups in total. The summed E-state index contributed by atoms with van der Waals surface area (Å²) in [7, 11) is 0. The minimum Gasteiger partial charge on any atom is -0.480 e. The predicted octanol–water partition coefficient (Wildman–Crippen LogP) is 1.28. The number of nitrogens with two attached hydrogens (primary N) is 2. The van der Waals surface area contributed by atoms with Gasteiger partial charge in [0, 0.05) is 36.6 Å². The van der Waals surface area contributed by atoms with Crippen molar-refractivity contribution in [2.45, 2.75) is 25.3 Å². The average Bonchev–Trinajstić information content (AvgIpc) is 3.18. The number of carboxylic acid groups (broad SMARTS) is 1. The van der Waals surface area contributed by atoms with Crippen LogP contribution in [0.3, 0.4) is 0 Å². The minimum atomic E-state index is -0.972. The topological polar surface area (TPSA) is 125 Å². The Morgan fingerprint density at radius 3 is 2.48 bits per heavy atom. The van der Waals surface area contributed by atoms with E-state index in [4.69, 9.17) is 16.6 Å². The number of carboxylic acids is 1. The van der Waals surface area contributed by atoms with Gasteiger partial charge in [0.05, 0.1) is 0 Å². The Morgan fingerprint density at radius 2 is 1.91 bits per heavy atom. The molecular weight excluding hydrogens is 296 g/mol. The van der Waals surface area contributed by atoms with Crippen LogP contribution in [-0.4, -0.2) is 46.1 Å². The number of likely N-dealkylation sites (tertiary alicyclic amines) is 1. The van der Waals surface area contributed by atoms with Gasteiger partial charge in [-0.2, -0.15) is 0 Å². The molecule has 0 radical (unpaired) electrons. The second kappa shape index (κ2) is 7.64. The van der Waals surface area contributed by atoms with Gasteiger partial charge in [0.1, 0.15) is 6.04 Å². The van der Waals surface area contributed by atoms with Gasteiger partial charge in [-0.05, 0) is 24.5 Å². The molecule has 1 saturated heterocycles. The lowest BCUT2D eigenvalue weighted by molar-refractivity contribution is -0.138. The van der Waals surface area contributed by atoms with E-state index in [1.54, 1.807) is 4.90 Å². The number of aromatic amines is 1. The normalized spacial score (nSPS) is 15.1. The molecule has 7 heteroatoms. The summed E-state index contributed by atoms with van der Waals surface area (Å²) in [4.78, 5) is 25.7. The van der Waals surface area contributed by atoms with Gasteiger partial charge < -0.3 is 26.5 Å². The summed E-state index contributed by atoms with van der Waals surface area (Å²) in [6, 6.07) is 6.64. The van der Waals surface area contributed by atoms with E-state index in [0.717, 1.165) is 42.4 Å². The standard InChI is InChI=1S/C11H12N2O2.C5H10N2O/c12-9(11(14)15)5-7-6-13-10-4-2-1-3-8(7)10;6-5(8)7-3-1-2-4-7/h1-4,6,9,13H,5,12H2,(H,14,15);1-4H2,(H2,6,8)/t9-;/m0./s1. The number of para-hydroxylation sites is 1. The summed E-state index contributed by atoms with van der Waals surface area (Å²) in [5.74, 6) is -0.972. The number of nitrogens with one attached hydrogen (secondary N) is 1. The number of H-pyrrole nitrogens is 1. The van der Waals surface area contributed by atoms with Gasteiger partial charge in [0.25, 0.3) is 0 Å². The van der Waals surface area contributed by atoms with Crippen LogP contribution < -0.4 is 11.5 Å². The zero-order valence-corrected chi connectivity index (χ0v) is 12.9. The molecule has 0 unspecified atom stereocenters. The molecule has 2 amide bonds. The van der Waals surface area contributed by atoms with Gasteiger partial charge in [0.2, 0.25) is 0 Å². The number of amides is 2. The predicted molar refractivity (Wildman–Crippen MR) is 88.0 cm³/mol. The lowest BCUT2D eigenvalue weighted by atomic mass is 10.1. The first-order chi connectivity index (χ1) is 11.0. The van der Waals surface area contributed by atoms with Gasteiger partial charge in [-0.1, -0.05) is 18.2 Å². The van der Waals surface area contributed by atoms with Crippen LogP contribution in [-0.2, 0) is 11.2 Å². The lowest BCUT2D eigenvalue weighted by Crippen LogP contribution is -2.32. The zero-order valence-electron chi connectivity index (χ0n) is 12.9. The average molecular weight is 318 g/mol. The Hall–Kier alpha value is -2.54. The van der Waals surface area contributed by atoms with Crippen LogP contribution in [0.5, 0.6) is 0 Å². The van der Waals surface area contributed by atoms with Gasteiger partial charge in [0.15, 0.2) is 0 Å². The highest BCUT2D eigenvalue weighted by molar-refractivity contribution is 5.84. The molecule has 1 aliphatic rings. The maximum Gasteiger partial charge on any atom is 0.320 e. The van der Waals surface area contributed by atoms with Crippen molar-refractivity contribution in [1.29, 1.82) is 0 Å². The number of aliphatic carboxylic acids is 1. The van der Waals surface area contributed by atoms with E-state index in [-0.39, 0.29) is 6.03 Å². The van der Waals surface area contributed by atoms with Crippen molar-refractivity contribution in [1.82, 2.24) is 9.88 Å². The number of nitrogens with zero attached hydrogens (tertiary/aromatic N) is 1. The molecule has 7 nitrogen and oxygen atoms in total. The Morgan fingerprint density at radius 1 is 1.26 bits per heavy atom. The third-order valence-electron chi connectivity index (χ3n) is 3.85. The molecule has 0 spiro atoms. The van der Waals surface area contributed by atoms with E-state index in [1.165, 1.54) is 0 Å². The van der Waals surface area contributed by atoms with Gasteiger partial charge >= 0.3 is 12.0 Å². The minimum absolute atomic E-state index is 0.275. The van der Waals surface area contributed by atoms with Crippen LogP contribution in [0.4, 0.5) is 4.79 Å². The van der Waals surface area contributed by atoms with E-state index in [1.807, 2.05) is 30.5 Å². The number of primary amides is 1. The van der Waals surface area contributed by atoms with E-state index >= 15 is 0 Å². The molecule has 2 aromatic rings. The molecule has 0 aliphatic carbocycles. The largest absolute Gasteiger partial charge is 0.480 e. The fourth-order valence-electron chi connectivity index (χ4n) is 2.56. The number of carbonyl (C=O) groups is 2. The first-order valence-corrected chi connectivity index (χ1v) is 7.57. The second-order valence-corrected chi connectivity index (χ2v) is 5.54. The monoisotopic (exact) mass is 318 g/mol. The highest BCUT2D eigenvalue weighted by Gasteiger charge is 2.14. The third kappa shape index (κ3) is 4.46. The van der Waals surface area contributed by atoms with Crippen LogP contribution in [0.2, 0.25) is 0 Å². The van der Waals surface area contributed by atoms with Crippen molar-refractivity contribution >= 4 is 22.9 Å². The SMILES string of the molecule is NC(=O)N1CCCC1.N[C@@H](Cc1c[nH]c2ccccc12)C(=O)O. The summed E-state index contributed by atoms with van der Waals surface area (Å²) in [5, 5.41) is 9.75. The van der Waals surface area contributed by atoms with Crippen molar-refractivity contribution < 1.29 is 14.7 Å². The smallest absolute Gasteiger partial charge is 0.320 e. The number of aromatic nitrogens is 1. The maximum atomic E-state index is 10.6. The summed E-state index contributed by atoms with van der Waals surface area (Å²) in [6.07, 6.45) is 4.39. The number of urea groups is 1. The van der Waals surface area contributed by atoms with Crippen LogP contribution in [0.25, 0.3) is 10.9 Å². The molecule has 3 rings (SSSR count). The zero-order chi connectivity index (χ0) is 16.8. The molecule has 2 heterocycles. The fourth-order valence-corrected chi connectivity index (χ4v) is 2.56. The summed E-state index contributed by atoms with van der Waals surface area (Å²) in [6.45, 7) is 1.71. The number of hydrogen-bond donors (Lipinski definition) is 4. The molecule has 1 fully saturated rings. The quantitative estimate of drug-likeness (QED) is 0.680. The molecule has 1 atom stereocenters. The number of fused-ring (bicyclic) bond motifs is 1. The molecule has 1 aliphatic heterocycles. The Balaban J connectivity index is 0.000000203. The highest BCUT2D eigenvalue weighted by Crippen LogP contribution is 2.18. The Labute approximate surface area is 134 Å². The molecule has 0 bridgehead atoms. The van der Waals surface area contributed by atoms with Crippen LogP contribution in [0, 0.1) is 0 Å². The lowest BCUT2D eigenvalue weighted by Gasteiger charge is -2.09. The van der Waals surface area contributed by atoms with Crippen molar-refractivity contribution in [3.05, 3.63) is 36.0 Å². The van der Waals surface area contributed by atoms with Crippen molar-refractivity contribution in [2.75, 3.05) is 13.1 Å². The molecule has 0 saturated carbocycles. The number of hydrogen-bond acceptors (Lipinski definition) is 3. The van der Waals surface area contributed by atoms with Crippen LogP contribution in [0.1, 0.15) is 18.4 Å². The van der Waals surface area contributed by atoms with Crippen molar-refractivity contribution in [3.8, 4) is 0 Å². The van der Waals surface area contributed by atoms with Crippen molar-refractivity contribution in [3.63, 3.8) is 0 Å². The number of rotatable bonds is 3. The maximum absolute atomic E-state index is 10.6. The summed E-state index contributed by atoms with van der Waals surface area (Å²) >= 11 is 0. The van der Waals surface area contributed by atoms with Gasteiger partial charge in [-0.25, -0.2) is 4.79 Å². The van der Waals surface area contributed by atoms with E-state index in [2.05, 4.69) is 4.98 Å². The fraction of sp³-hybridized carbons (Fsp3) is 0.375. The Kier molecular flexibility index (Phi) is 5.59. The van der Waals surface area contributed by atoms with Gasteiger partial charge in [-0.15, -0.1) is 0 Å². The highest BCUT2D eigenvalue weighted by atomic mass is 16.4. The number of carbonyl (C=O) groups excluding carboxylic acids is 1. The summed E-state index contributed by atoms with van der Waals surface area (Å²) < 4.78 is 0. The second-order valence-electron chi connectivity index (χ2n) is 5.54. The van der Waals surface area contributed by atoms with E-state index < -0.39 is 12.0 Å². The molecule has 23 heavy (non-hydrogen) atoms. The summed E-state index contributed by atoms with van der Waals surface area (Å²) in [5.41, 5.74) is 12.4.